The van der Waals surface area contributed by atoms with E-state index in [0.29, 0.717) is 12.3 Å². The number of benzene rings is 1. The molecular weight excluding hydrogens is 419 g/mol. The Labute approximate surface area is 161 Å². The fourth-order valence-corrected chi connectivity index (χ4v) is 2.02. The van der Waals surface area contributed by atoms with Crippen LogP contribution in [0.1, 0.15) is 32.3 Å². The number of hydrogen-bond acceptors (Lipinski definition) is 3. The minimum Gasteiger partial charge on any atom is -0.484 e. The molecule has 0 heterocycles. The first-order valence-electron chi connectivity index (χ1n) is 7.95. The van der Waals surface area contributed by atoms with Gasteiger partial charge in [0.1, 0.15) is 5.75 Å². The number of carbonyl (C=O) groups is 1. The number of nitrogens with two attached hydrogens (primary N) is 1. The summed E-state index contributed by atoms with van der Waals surface area (Å²) in [5.74, 6) is 1.63. The van der Waals surface area contributed by atoms with Gasteiger partial charge in [0.15, 0.2) is 12.6 Å². The van der Waals surface area contributed by atoms with Crippen LogP contribution in [0.15, 0.2) is 29.3 Å². The monoisotopic (exact) mass is 448 g/mol. The molecule has 1 amide bonds. The quantitative estimate of drug-likeness (QED) is 0.234. The Bertz CT molecular complexity index is 521. The van der Waals surface area contributed by atoms with Gasteiger partial charge in [-0.25, -0.2) is 0 Å². The number of primary amides is 1. The molecule has 7 heteroatoms. The van der Waals surface area contributed by atoms with Crippen molar-refractivity contribution in [1.29, 1.82) is 0 Å². The summed E-state index contributed by atoms with van der Waals surface area (Å²) in [7, 11) is 1.75. The molecule has 0 bridgehead atoms. The highest BCUT2D eigenvalue weighted by Crippen LogP contribution is 2.13. The highest BCUT2D eigenvalue weighted by atomic mass is 127. The maximum absolute atomic E-state index is 10.7. The van der Waals surface area contributed by atoms with Gasteiger partial charge in [0.25, 0.3) is 5.91 Å². The van der Waals surface area contributed by atoms with Crippen molar-refractivity contribution in [3.05, 3.63) is 29.8 Å². The van der Waals surface area contributed by atoms with Crippen LogP contribution in [0.3, 0.4) is 0 Å². The molecule has 0 radical (unpaired) electrons. The summed E-state index contributed by atoms with van der Waals surface area (Å²) in [5.41, 5.74) is 6.11. The van der Waals surface area contributed by atoms with Crippen molar-refractivity contribution >= 4 is 35.8 Å². The molecule has 0 unspecified atom stereocenters. The van der Waals surface area contributed by atoms with E-state index in [9.17, 15) is 4.79 Å². The number of amides is 1. The molecule has 0 aliphatic heterocycles. The number of nitrogens with zero attached hydrogens (tertiary/aromatic N) is 1. The second-order valence-electron chi connectivity index (χ2n) is 5.79. The van der Waals surface area contributed by atoms with Crippen molar-refractivity contribution in [1.82, 2.24) is 10.6 Å². The molecular formula is C17H29IN4O2. The number of carbonyl (C=O) groups excluding carboxylic acids is 1. The first-order chi connectivity index (χ1) is 11.0. The zero-order valence-electron chi connectivity index (χ0n) is 14.7. The van der Waals surface area contributed by atoms with E-state index in [4.69, 9.17) is 10.5 Å². The number of rotatable bonds is 9. The van der Waals surface area contributed by atoms with Gasteiger partial charge in [0, 0.05) is 20.1 Å². The van der Waals surface area contributed by atoms with Crippen molar-refractivity contribution in [3.63, 3.8) is 0 Å². The molecule has 136 valence electrons. The van der Waals surface area contributed by atoms with E-state index in [1.807, 2.05) is 18.2 Å². The molecule has 0 atom stereocenters. The second-order valence-corrected chi connectivity index (χ2v) is 5.79. The molecule has 0 saturated carbocycles. The predicted molar refractivity (Wildman–Crippen MR) is 109 cm³/mol. The lowest BCUT2D eigenvalue weighted by molar-refractivity contribution is -0.119. The first kappa shape index (κ1) is 22.5. The van der Waals surface area contributed by atoms with Gasteiger partial charge in [-0.15, -0.1) is 24.0 Å². The van der Waals surface area contributed by atoms with E-state index in [1.54, 1.807) is 13.1 Å². The zero-order chi connectivity index (χ0) is 17.1. The molecule has 24 heavy (non-hydrogen) atoms. The van der Waals surface area contributed by atoms with Crippen LogP contribution in [0.5, 0.6) is 5.75 Å². The lowest BCUT2D eigenvalue weighted by Gasteiger charge is -2.13. The Kier molecular flexibility index (Phi) is 12.0. The lowest BCUT2D eigenvalue weighted by atomic mass is 10.1. The van der Waals surface area contributed by atoms with Gasteiger partial charge < -0.3 is 21.1 Å². The smallest absolute Gasteiger partial charge is 0.255 e. The van der Waals surface area contributed by atoms with Gasteiger partial charge in [0.05, 0.1) is 0 Å². The van der Waals surface area contributed by atoms with E-state index in [0.717, 1.165) is 30.4 Å². The first-order valence-corrected chi connectivity index (χ1v) is 7.95. The third kappa shape index (κ3) is 10.3. The van der Waals surface area contributed by atoms with Crippen molar-refractivity contribution in [2.45, 2.75) is 33.2 Å². The number of guanidine groups is 1. The summed E-state index contributed by atoms with van der Waals surface area (Å²) in [5, 5.41) is 6.55. The minimum absolute atomic E-state index is 0. The van der Waals surface area contributed by atoms with E-state index < -0.39 is 5.91 Å². The second kappa shape index (κ2) is 12.9. The average molecular weight is 448 g/mol. The Morgan fingerprint density at radius 3 is 2.71 bits per heavy atom. The SMILES string of the molecule is CN=C(NCCCC(C)C)NCc1cccc(OCC(N)=O)c1.I. The summed E-state index contributed by atoms with van der Waals surface area (Å²) in [6, 6.07) is 7.54. The van der Waals surface area contributed by atoms with Gasteiger partial charge in [-0.05, 0) is 36.5 Å². The molecule has 1 aromatic carbocycles. The largest absolute Gasteiger partial charge is 0.484 e. The summed E-state index contributed by atoms with van der Waals surface area (Å²) in [4.78, 5) is 14.9. The predicted octanol–water partition coefficient (Wildman–Crippen LogP) is 2.27. The average Bonchev–Trinajstić information content (AvgIpc) is 2.52. The molecule has 0 saturated heterocycles. The number of halogens is 1. The number of hydrogen-bond donors (Lipinski definition) is 3. The molecule has 1 rings (SSSR count). The Morgan fingerprint density at radius 1 is 1.33 bits per heavy atom. The van der Waals surface area contributed by atoms with Crippen LogP contribution in [-0.2, 0) is 11.3 Å². The van der Waals surface area contributed by atoms with Crippen LogP contribution >= 0.6 is 24.0 Å². The van der Waals surface area contributed by atoms with Crippen molar-refractivity contribution in [3.8, 4) is 5.75 Å². The maximum atomic E-state index is 10.7. The van der Waals surface area contributed by atoms with Crippen LogP contribution in [0.4, 0.5) is 0 Å². The Hall–Kier alpha value is -1.51. The van der Waals surface area contributed by atoms with Gasteiger partial charge >= 0.3 is 0 Å². The fourth-order valence-electron chi connectivity index (χ4n) is 2.02. The van der Waals surface area contributed by atoms with Crippen LogP contribution in [0.25, 0.3) is 0 Å². The van der Waals surface area contributed by atoms with Gasteiger partial charge in [-0.3, -0.25) is 9.79 Å². The van der Waals surface area contributed by atoms with E-state index in [1.165, 1.54) is 6.42 Å². The molecule has 4 N–H and O–H groups in total. The van der Waals surface area contributed by atoms with Crippen LogP contribution in [0.2, 0.25) is 0 Å². The topological polar surface area (TPSA) is 88.7 Å². The van der Waals surface area contributed by atoms with Crippen LogP contribution in [-0.4, -0.2) is 32.1 Å². The molecule has 0 aliphatic rings. The highest BCUT2D eigenvalue weighted by Gasteiger charge is 2.02. The summed E-state index contributed by atoms with van der Waals surface area (Å²) in [6.07, 6.45) is 2.32. The van der Waals surface area contributed by atoms with Crippen LogP contribution < -0.4 is 21.1 Å². The summed E-state index contributed by atoms with van der Waals surface area (Å²) < 4.78 is 5.29. The van der Waals surface area contributed by atoms with E-state index in [-0.39, 0.29) is 30.6 Å². The maximum Gasteiger partial charge on any atom is 0.255 e. The molecule has 0 aromatic heterocycles. The molecule has 0 aliphatic carbocycles. The minimum atomic E-state index is -0.487. The normalized spacial score (nSPS) is 10.9. The van der Waals surface area contributed by atoms with Gasteiger partial charge in [0.2, 0.25) is 0 Å². The number of ether oxygens (including phenoxy) is 1. The molecule has 1 aromatic rings. The Morgan fingerprint density at radius 2 is 2.08 bits per heavy atom. The van der Waals surface area contributed by atoms with E-state index >= 15 is 0 Å². The van der Waals surface area contributed by atoms with Crippen molar-refractivity contribution in [2.75, 3.05) is 20.2 Å². The molecule has 0 spiro atoms. The van der Waals surface area contributed by atoms with E-state index in [2.05, 4.69) is 29.5 Å². The van der Waals surface area contributed by atoms with Crippen LogP contribution in [0, 0.1) is 5.92 Å². The third-order valence-electron chi connectivity index (χ3n) is 3.21. The lowest BCUT2D eigenvalue weighted by Crippen LogP contribution is -2.37. The van der Waals surface area contributed by atoms with Gasteiger partial charge in [-0.1, -0.05) is 26.0 Å². The van der Waals surface area contributed by atoms with Crippen molar-refractivity contribution < 1.29 is 9.53 Å². The molecule has 0 fully saturated rings. The summed E-state index contributed by atoms with van der Waals surface area (Å²) >= 11 is 0. The number of aliphatic imine (C=N–C) groups is 1. The fraction of sp³-hybridized carbons (Fsp3) is 0.529. The zero-order valence-corrected chi connectivity index (χ0v) is 17.0. The highest BCUT2D eigenvalue weighted by molar-refractivity contribution is 14.0. The standard InChI is InChI=1S/C17H28N4O2.HI/c1-13(2)6-5-9-20-17(19-3)21-11-14-7-4-8-15(10-14)23-12-16(18)22;/h4,7-8,10,13H,5-6,9,11-12H2,1-3H3,(H2,18,22)(H2,19,20,21);1H. The van der Waals surface area contributed by atoms with Crippen molar-refractivity contribution in [2.24, 2.45) is 16.6 Å². The number of nitrogens with one attached hydrogen (secondary N) is 2. The summed E-state index contributed by atoms with van der Waals surface area (Å²) in [6.45, 7) is 5.86. The Balaban J connectivity index is 0.00000529. The van der Waals surface area contributed by atoms with Gasteiger partial charge in [-0.2, -0.15) is 0 Å². The third-order valence-corrected chi connectivity index (χ3v) is 3.21. The molecule has 6 nitrogen and oxygen atoms in total.